The van der Waals surface area contributed by atoms with E-state index in [2.05, 4.69) is 11.3 Å². The highest BCUT2D eigenvalue weighted by Crippen LogP contribution is 2.30. The number of ether oxygens (including phenoxy) is 2. The molecule has 1 aromatic carbocycles. The quantitative estimate of drug-likeness (QED) is 0.714. The summed E-state index contributed by atoms with van der Waals surface area (Å²) in [7, 11) is 0. The van der Waals surface area contributed by atoms with Crippen LogP contribution in [0.3, 0.4) is 0 Å². The molecule has 1 aromatic rings. The van der Waals surface area contributed by atoms with E-state index in [0.29, 0.717) is 44.6 Å². The fraction of sp³-hybridized carbons (Fsp3) is 0.500. The predicted octanol–water partition coefficient (Wildman–Crippen LogP) is 2.91. The lowest BCUT2D eigenvalue weighted by Gasteiger charge is -2.37. The normalized spacial score (nSPS) is 21.0. The third kappa shape index (κ3) is 5.50. The molecule has 0 spiro atoms. The lowest BCUT2D eigenvalue weighted by Crippen LogP contribution is -2.48. The summed E-state index contributed by atoms with van der Waals surface area (Å²) in [5, 5.41) is 0. The molecule has 0 aliphatic carbocycles. The van der Waals surface area contributed by atoms with Crippen molar-refractivity contribution in [3.8, 4) is 5.75 Å². The van der Waals surface area contributed by atoms with Gasteiger partial charge in [0.25, 0.3) is 0 Å². The van der Waals surface area contributed by atoms with Gasteiger partial charge in [-0.15, -0.1) is 13.2 Å². The molecular formula is C20H23F3N2O4. The first-order valence-corrected chi connectivity index (χ1v) is 9.44. The predicted molar refractivity (Wildman–Crippen MR) is 97.9 cm³/mol. The van der Waals surface area contributed by atoms with Crippen LogP contribution in [0.1, 0.15) is 24.5 Å². The number of morpholine rings is 1. The smallest absolute Gasteiger partial charge is 0.406 e. The number of amides is 2. The number of hydrogen-bond acceptors (Lipinski definition) is 4. The van der Waals surface area contributed by atoms with Crippen LogP contribution in [-0.4, -0.2) is 60.8 Å². The standard InChI is InChI=1S/C20H23F3N2O4/c1-2-18(26)24-8-6-14(7-9-24)19(27)25-10-11-28-17(13-25)15-4-3-5-16(12-15)29-20(21,22)23/h2-5,12,14,17H,1,6-11,13H2. The maximum absolute atomic E-state index is 12.9. The van der Waals surface area contributed by atoms with Crippen molar-refractivity contribution in [2.24, 2.45) is 5.92 Å². The zero-order valence-corrected chi connectivity index (χ0v) is 15.9. The minimum Gasteiger partial charge on any atom is -0.406 e. The van der Waals surface area contributed by atoms with Gasteiger partial charge >= 0.3 is 6.36 Å². The van der Waals surface area contributed by atoms with Crippen LogP contribution < -0.4 is 4.74 Å². The molecule has 0 aromatic heterocycles. The lowest BCUT2D eigenvalue weighted by molar-refractivity contribution is -0.274. The summed E-state index contributed by atoms with van der Waals surface area (Å²) in [6.07, 6.45) is -2.86. The Morgan fingerprint density at radius 2 is 1.90 bits per heavy atom. The molecule has 3 rings (SSSR count). The number of likely N-dealkylation sites (tertiary alicyclic amines) is 1. The molecule has 6 nitrogen and oxygen atoms in total. The van der Waals surface area contributed by atoms with Crippen LogP contribution in [-0.2, 0) is 14.3 Å². The second kappa shape index (κ2) is 8.86. The number of alkyl halides is 3. The lowest BCUT2D eigenvalue weighted by atomic mass is 9.94. The highest BCUT2D eigenvalue weighted by molar-refractivity contribution is 5.87. The molecule has 0 radical (unpaired) electrons. The van der Waals surface area contributed by atoms with Crippen molar-refractivity contribution in [1.29, 1.82) is 0 Å². The van der Waals surface area contributed by atoms with Gasteiger partial charge in [0, 0.05) is 25.6 Å². The van der Waals surface area contributed by atoms with Crippen LogP contribution in [0, 0.1) is 5.92 Å². The Kier molecular flexibility index (Phi) is 6.46. The van der Waals surface area contributed by atoms with Gasteiger partial charge < -0.3 is 19.3 Å². The first kappa shape index (κ1) is 21.2. The number of piperidine rings is 1. The minimum absolute atomic E-state index is 0.00769. The Morgan fingerprint density at radius 3 is 2.55 bits per heavy atom. The third-order valence-corrected chi connectivity index (χ3v) is 5.17. The van der Waals surface area contributed by atoms with E-state index in [0.717, 1.165) is 0 Å². The molecule has 29 heavy (non-hydrogen) atoms. The number of benzene rings is 1. The van der Waals surface area contributed by atoms with Gasteiger partial charge in [0.05, 0.1) is 13.2 Å². The molecule has 2 fully saturated rings. The minimum atomic E-state index is -4.77. The monoisotopic (exact) mass is 412 g/mol. The molecule has 2 saturated heterocycles. The van der Waals surface area contributed by atoms with Crippen molar-refractivity contribution in [3.05, 3.63) is 42.5 Å². The Morgan fingerprint density at radius 1 is 1.17 bits per heavy atom. The van der Waals surface area contributed by atoms with Crippen molar-refractivity contribution in [2.75, 3.05) is 32.8 Å². The van der Waals surface area contributed by atoms with Gasteiger partial charge in [-0.1, -0.05) is 18.7 Å². The first-order valence-electron chi connectivity index (χ1n) is 9.44. The van der Waals surface area contributed by atoms with Gasteiger partial charge in [-0.25, -0.2) is 0 Å². The average molecular weight is 412 g/mol. The second-order valence-corrected chi connectivity index (χ2v) is 7.07. The van der Waals surface area contributed by atoms with E-state index >= 15 is 0 Å². The molecule has 0 bridgehead atoms. The Bertz CT molecular complexity index is 760. The van der Waals surface area contributed by atoms with Crippen LogP contribution in [0.2, 0.25) is 0 Å². The highest BCUT2D eigenvalue weighted by Gasteiger charge is 2.34. The number of hydrogen-bond donors (Lipinski definition) is 0. The SMILES string of the molecule is C=CC(=O)N1CCC(C(=O)N2CCOC(c3cccc(OC(F)(F)F)c3)C2)CC1. The molecule has 2 aliphatic rings. The van der Waals surface area contributed by atoms with E-state index in [9.17, 15) is 22.8 Å². The maximum atomic E-state index is 12.9. The van der Waals surface area contributed by atoms with Crippen LogP contribution in [0.15, 0.2) is 36.9 Å². The molecule has 2 amide bonds. The summed E-state index contributed by atoms with van der Waals surface area (Å²) in [6.45, 7) is 5.48. The van der Waals surface area contributed by atoms with Crippen LogP contribution in [0.25, 0.3) is 0 Å². The summed E-state index contributed by atoms with van der Waals surface area (Å²) >= 11 is 0. The zero-order valence-electron chi connectivity index (χ0n) is 15.9. The number of halogens is 3. The average Bonchev–Trinajstić information content (AvgIpc) is 2.72. The summed E-state index contributed by atoms with van der Waals surface area (Å²) in [5.41, 5.74) is 0.524. The van der Waals surface area contributed by atoms with E-state index in [1.807, 2.05) is 0 Å². The molecule has 0 saturated carbocycles. The van der Waals surface area contributed by atoms with Crippen LogP contribution in [0.4, 0.5) is 13.2 Å². The second-order valence-electron chi connectivity index (χ2n) is 7.07. The van der Waals surface area contributed by atoms with Gasteiger partial charge in [0.1, 0.15) is 11.9 Å². The van der Waals surface area contributed by atoms with Crippen molar-refractivity contribution in [2.45, 2.75) is 25.3 Å². The third-order valence-electron chi connectivity index (χ3n) is 5.17. The first-order chi connectivity index (χ1) is 13.8. The van der Waals surface area contributed by atoms with E-state index in [-0.39, 0.29) is 30.0 Å². The van der Waals surface area contributed by atoms with Crippen LogP contribution in [0.5, 0.6) is 5.75 Å². The van der Waals surface area contributed by atoms with Crippen molar-refractivity contribution in [3.63, 3.8) is 0 Å². The topological polar surface area (TPSA) is 59.1 Å². The van der Waals surface area contributed by atoms with Crippen molar-refractivity contribution in [1.82, 2.24) is 9.80 Å². The van der Waals surface area contributed by atoms with Gasteiger partial charge in [-0.05, 0) is 36.6 Å². The van der Waals surface area contributed by atoms with Gasteiger partial charge in [-0.3, -0.25) is 9.59 Å². The molecule has 158 valence electrons. The molecule has 2 aliphatic heterocycles. The summed E-state index contributed by atoms with van der Waals surface area (Å²) in [4.78, 5) is 27.9. The largest absolute Gasteiger partial charge is 0.573 e. The number of carbonyl (C=O) groups excluding carboxylic acids is 2. The summed E-state index contributed by atoms with van der Waals surface area (Å²) < 4.78 is 47.0. The van der Waals surface area contributed by atoms with E-state index in [1.165, 1.54) is 24.3 Å². The molecular weight excluding hydrogens is 389 g/mol. The summed E-state index contributed by atoms with van der Waals surface area (Å²) in [6, 6.07) is 5.63. The van der Waals surface area contributed by atoms with Gasteiger partial charge in [0.2, 0.25) is 11.8 Å². The number of rotatable bonds is 4. The molecule has 0 N–H and O–H groups in total. The Hall–Kier alpha value is -2.55. The van der Waals surface area contributed by atoms with E-state index in [1.54, 1.807) is 15.9 Å². The molecule has 9 heteroatoms. The maximum Gasteiger partial charge on any atom is 0.573 e. The van der Waals surface area contributed by atoms with Gasteiger partial charge in [0.15, 0.2) is 0 Å². The Labute approximate surface area is 166 Å². The number of nitrogens with zero attached hydrogens (tertiary/aromatic N) is 2. The van der Waals surface area contributed by atoms with Crippen LogP contribution >= 0.6 is 0 Å². The fourth-order valence-electron chi connectivity index (χ4n) is 3.70. The number of carbonyl (C=O) groups is 2. The summed E-state index contributed by atoms with van der Waals surface area (Å²) in [5.74, 6) is -0.640. The fourth-order valence-corrected chi connectivity index (χ4v) is 3.70. The van der Waals surface area contributed by atoms with E-state index in [4.69, 9.17) is 4.74 Å². The highest BCUT2D eigenvalue weighted by atomic mass is 19.4. The van der Waals surface area contributed by atoms with Crippen molar-refractivity contribution >= 4 is 11.8 Å². The van der Waals surface area contributed by atoms with Gasteiger partial charge in [-0.2, -0.15) is 0 Å². The van der Waals surface area contributed by atoms with Crippen molar-refractivity contribution < 1.29 is 32.2 Å². The Balaban J connectivity index is 1.61. The molecule has 1 unspecified atom stereocenters. The zero-order chi connectivity index (χ0) is 21.0. The molecule has 1 atom stereocenters. The van der Waals surface area contributed by atoms with E-state index < -0.39 is 12.5 Å². The molecule has 2 heterocycles.